The zero-order valence-electron chi connectivity index (χ0n) is 13.3. The summed E-state index contributed by atoms with van der Waals surface area (Å²) in [7, 11) is 0. The van der Waals surface area contributed by atoms with Gasteiger partial charge in [-0.15, -0.1) is 0 Å². The van der Waals surface area contributed by atoms with Crippen LogP contribution in [0.3, 0.4) is 0 Å². The first-order valence-electron chi connectivity index (χ1n) is 7.71. The maximum atomic E-state index is 12.9. The fourth-order valence-corrected chi connectivity index (χ4v) is 2.95. The largest absolute Gasteiger partial charge is 0.461 e. The van der Waals surface area contributed by atoms with E-state index in [1.54, 1.807) is 60.7 Å². The molecule has 0 unspecified atom stereocenters. The third-order valence-corrected chi connectivity index (χ3v) is 4.25. The van der Waals surface area contributed by atoms with Gasteiger partial charge in [0.1, 0.15) is 5.58 Å². The Hall–Kier alpha value is -3.12. The van der Waals surface area contributed by atoms with Gasteiger partial charge in [-0.05, 0) is 42.5 Å². The number of halogens is 1. The molecule has 6 heteroatoms. The molecular formula is C20H11BrO5. The maximum Gasteiger partial charge on any atom is 0.343 e. The molecule has 0 N–H and O–H groups in total. The Morgan fingerprint density at radius 1 is 1.00 bits per heavy atom. The fourth-order valence-electron chi connectivity index (χ4n) is 2.55. The minimum atomic E-state index is -0.665. The van der Waals surface area contributed by atoms with Crippen LogP contribution in [0.2, 0.25) is 0 Å². The van der Waals surface area contributed by atoms with Crippen LogP contribution in [0.4, 0.5) is 0 Å². The van der Waals surface area contributed by atoms with Gasteiger partial charge in [-0.3, -0.25) is 4.79 Å². The molecule has 26 heavy (non-hydrogen) atoms. The van der Waals surface area contributed by atoms with Gasteiger partial charge in [0.2, 0.25) is 16.9 Å². The summed E-state index contributed by atoms with van der Waals surface area (Å²) in [5.41, 5.74) is 0.241. The Morgan fingerprint density at radius 2 is 1.85 bits per heavy atom. The molecule has 2 aromatic carbocycles. The molecular weight excluding hydrogens is 400 g/mol. The number of para-hydroxylation sites is 1. The second kappa shape index (κ2) is 6.65. The van der Waals surface area contributed by atoms with Gasteiger partial charge in [0, 0.05) is 4.47 Å². The van der Waals surface area contributed by atoms with Crippen LogP contribution in [0, 0.1) is 0 Å². The highest BCUT2D eigenvalue weighted by Gasteiger charge is 2.22. The lowest BCUT2D eigenvalue weighted by atomic mass is 10.2. The molecule has 0 bridgehead atoms. The summed E-state index contributed by atoms with van der Waals surface area (Å²) in [5, 5.41) is 0.319. The van der Waals surface area contributed by atoms with Crippen molar-refractivity contribution in [3.05, 3.63) is 87.2 Å². The molecule has 0 amide bonds. The number of hydrogen-bond acceptors (Lipinski definition) is 5. The second-order valence-corrected chi connectivity index (χ2v) is 6.38. The van der Waals surface area contributed by atoms with Crippen LogP contribution >= 0.6 is 15.9 Å². The number of rotatable bonds is 3. The summed E-state index contributed by atoms with van der Waals surface area (Å²) in [6.07, 6.45) is 1.45. The summed E-state index contributed by atoms with van der Waals surface area (Å²) in [4.78, 5) is 25.4. The number of carbonyl (C=O) groups excluding carboxylic acids is 1. The van der Waals surface area contributed by atoms with Crippen molar-refractivity contribution in [1.29, 1.82) is 0 Å². The van der Waals surface area contributed by atoms with Crippen LogP contribution in [0.15, 0.2) is 85.0 Å². The van der Waals surface area contributed by atoms with E-state index in [0.29, 0.717) is 22.3 Å². The number of benzene rings is 2. The Balaban J connectivity index is 1.88. The van der Waals surface area contributed by atoms with Crippen molar-refractivity contribution >= 4 is 32.9 Å². The van der Waals surface area contributed by atoms with Crippen LogP contribution in [-0.4, -0.2) is 5.97 Å². The minimum Gasteiger partial charge on any atom is -0.461 e. The topological polar surface area (TPSA) is 69.7 Å². The van der Waals surface area contributed by atoms with Crippen molar-refractivity contribution in [1.82, 2.24) is 0 Å². The quantitative estimate of drug-likeness (QED) is 0.442. The molecule has 2 aromatic heterocycles. The molecule has 0 fully saturated rings. The van der Waals surface area contributed by atoms with E-state index in [1.807, 2.05) is 0 Å². The van der Waals surface area contributed by atoms with Crippen molar-refractivity contribution in [3.63, 3.8) is 0 Å². The number of carbonyl (C=O) groups is 1. The van der Waals surface area contributed by atoms with Gasteiger partial charge >= 0.3 is 5.97 Å². The van der Waals surface area contributed by atoms with Crippen molar-refractivity contribution in [2.75, 3.05) is 0 Å². The molecule has 0 aliphatic carbocycles. The third kappa shape index (κ3) is 2.95. The normalized spacial score (nSPS) is 10.8. The maximum absolute atomic E-state index is 12.9. The van der Waals surface area contributed by atoms with Crippen LogP contribution < -0.4 is 10.2 Å². The Morgan fingerprint density at radius 3 is 2.62 bits per heavy atom. The predicted molar refractivity (Wildman–Crippen MR) is 99.3 cm³/mol. The molecule has 0 aliphatic heterocycles. The zero-order chi connectivity index (χ0) is 18.1. The van der Waals surface area contributed by atoms with E-state index in [0.717, 1.165) is 4.47 Å². The lowest BCUT2D eigenvalue weighted by molar-refractivity contribution is 0.0731. The summed E-state index contributed by atoms with van der Waals surface area (Å²) in [6, 6.07) is 16.7. The fraction of sp³-hybridized carbons (Fsp3) is 0. The van der Waals surface area contributed by atoms with E-state index >= 15 is 0 Å². The van der Waals surface area contributed by atoms with E-state index in [1.165, 1.54) is 6.26 Å². The molecule has 0 saturated heterocycles. The first-order chi connectivity index (χ1) is 12.6. The second-order valence-electron chi connectivity index (χ2n) is 5.46. The Kier molecular flexibility index (Phi) is 4.18. The standard InChI is InChI=1S/C20H11BrO5/c21-13-6-3-5-12(11-13)20(23)26-19-17(22)14-7-1-2-8-15(14)25-18(19)16-9-4-10-24-16/h1-11H. The van der Waals surface area contributed by atoms with E-state index in [4.69, 9.17) is 13.6 Å². The van der Waals surface area contributed by atoms with Crippen molar-refractivity contribution in [2.24, 2.45) is 0 Å². The van der Waals surface area contributed by atoms with Crippen molar-refractivity contribution < 1.29 is 18.4 Å². The number of fused-ring (bicyclic) bond motifs is 1. The molecule has 5 nitrogen and oxygen atoms in total. The van der Waals surface area contributed by atoms with E-state index < -0.39 is 11.4 Å². The van der Waals surface area contributed by atoms with Gasteiger partial charge in [-0.2, -0.15) is 0 Å². The lowest BCUT2D eigenvalue weighted by Crippen LogP contribution is -2.16. The summed E-state index contributed by atoms with van der Waals surface area (Å²) in [6.45, 7) is 0. The highest BCUT2D eigenvalue weighted by molar-refractivity contribution is 9.10. The number of ether oxygens (including phenoxy) is 1. The highest BCUT2D eigenvalue weighted by Crippen LogP contribution is 2.31. The minimum absolute atomic E-state index is 0.0713. The van der Waals surface area contributed by atoms with E-state index in [2.05, 4.69) is 15.9 Å². The van der Waals surface area contributed by atoms with E-state index in [-0.39, 0.29) is 11.5 Å². The summed E-state index contributed by atoms with van der Waals surface area (Å²) >= 11 is 3.31. The average Bonchev–Trinajstić information content (AvgIpc) is 3.18. The number of esters is 1. The molecule has 4 aromatic rings. The molecule has 0 radical (unpaired) electrons. The van der Waals surface area contributed by atoms with Gasteiger partial charge in [0.05, 0.1) is 17.2 Å². The first kappa shape index (κ1) is 16.4. The summed E-state index contributed by atoms with van der Waals surface area (Å²) < 4.78 is 17.3. The van der Waals surface area contributed by atoms with Crippen molar-refractivity contribution in [3.8, 4) is 17.3 Å². The molecule has 4 rings (SSSR count). The number of hydrogen-bond donors (Lipinski definition) is 0. The Bertz CT molecular complexity index is 1160. The Labute approximate surface area is 155 Å². The molecule has 0 aliphatic rings. The van der Waals surface area contributed by atoms with Gasteiger partial charge in [0.15, 0.2) is 5.76 Å². The first-order valence-corrected chi connectivity index (χ1v) is 8.50. The van der Waals surface area contributed by atoms with Crippen LogP contribution in [0.5, 0.6) is 5.75 Å². The van der Waals surface area contributed by atoms with Gasteiger partial charge in [-0.25, -0.2) is 4.79 Å². The van der Waals surface area contributed by atoms with Gasteiger partial charge in [0.25, 0.3) is 0 Å². The lowest BCUT2D eigenvalue weighted by Gasteiger charge is -2.09. The third-order valence-electron chi connectivity index (χ3n) is 3.76. The van der Waals surface area contributed by atoms with Crippen LogP contribution in [0.1, 0.15) is 10.4 Å². The van der Waals surface area contributed by atoms with Gasteiger partial charge in [-0.1, -0.05) is 34.1 Å². The van der Waals surface area contributed by atoms with Crippen LogP contribution in [0.25, 0.3) is 22.5 Å². The SMILES string of the molecule is O=C(Oc1c(-c2ccco2)oc2ccccc2c1=O)c1cccc(Br)c1. The predicted octanol–water partition coefficient (Wildman–Crippen LogP) is 5.03. The van der Waals surface area contributed by atoms with Crippen LogP contribution in [-0.2, 0) is 0 Å². The molecule has 0 atom stereocenters. The highest BCUT2D eigenvalue weighted by atomic mass is 79.9. The molecule has 128 valence electrons. The van der Waals surface area contributed by atoms with E-state index in [9.17, 15) is 9.59 Å². The monoisotopic (exact) mass is 410 g/mol. The van der Waals surface area contributed by atoms with Crippen molar-refractivity contribution in [2.45, 2.75) is 0 Å². The van der Waals surface area contributed by atoms with Gasteiger partial charge < -0.3 is 13.6 Å². The zero-order valence-corrected chi connectivity index (χ0v) is 14.9. The average molecular weight is 411 g/mol. The summed E-state index contributed by atoms with van der Waals surface area (Å²) in [5.74, 6) is -0.503. The molecule has 0 saturated carbocycles. The smallest absolute Gasteiger partial charge is 0.343 e. The number of furan rings is 1. The molecule has 2 heterocycles. The molecule has 0 spiro atoms.